The monoisotopic (exact) mass is 208 g/mol. The number of hydrogen-bond acceptors (Lipinski definition) is 4. The number of halogens is 1. The Morgan fingerprint density at radius 1 is 1.47 bits per heavy atom. The zero-order valence-corrected chi connectivity index (χ0v) is 8.07. The third-order valence-corrected chi connectivity index (χ3v) is 2.00. The summed E-state index contributed by atoms with van der Waals surface area (Å²) in [6.45, 7) is 0. The molecule has 2 aromatic rings. The van der Waals surface area contributed by atoms with Gasteiger partial charge < -0.3 is 4.74 Å². The fraction of sp³-hybridized carbons (Fsp3) is 0.222. The average molecular weight is 208 g/mol. The lowest BCUT2D eigenvalue weighted by molar-refractivity contribution is 0.384. The number of nitrogens with zero attached hydrogens (tertiary/aromatic N) is 3. The van der Waals surface area contributed by atoms with Gasteiger partial charge in [0.2, 0.25) is 0 Å². The number of ether oxygens (including phenoxy) is 1. The average Bonchev–Trinajstić information content (AvgIpc) is 2.74. The Morgan fingerprint density at radius 2 is 2.33 bits per heavy atom. The Hall–Kier alpha value is -1.98. The second-order valence-corrected chi connectivity index (χ2v) is 2.94. The van der Waals surface area contributed by atoms with Crippen LogP contribution in [-0.4, -0.2) is 27.7 Å². The first kappa shape index (κ1) is 9.57. The minimum atomic E-state index is -0.384. The number of hydrogen-bond donors (Lipinski definition) is 1. The van der Waals surface area contributed by atoms with Crippen molar-refractivity contribution in [3.63, 3.8) is 0 Å². The number of tetrazole rings is 1. The zero-order chi connectivity index (χ0) is 10.7. The minimum Gasteiger partial charge on any atom is -0.494 e. The van der Waals surface area contributed by atoms with Crippen molar-refractivity contribution in [1.29, 1.82) is 0 Å². The van der Waals surface area contributed by atoms with Crippen LogP contribution in [0.1, 0.15) is 11.4 Å². The van der Waals surface area contributed by atoms with Crippen LogP contribution >= 0.6 is 0 Å². The highest BCUT2D eigenvalue weighted by Crippen LogP contribution is 2.21. The molecule has 0 bridgehead atoms. The number of methoxy groups -OCH3 is 1. The van der Waals surface area contributed by atoms with Gasteiger partial charge in [-0.1, -0.05) is 17.3 Å². The predicted molar refractivity (Wildman–Crippen MR) is 49.9 cm³/mol. The van der Waals surface area contributed by atoms with Crippen LogP contribution in [0.2, 0.25) is 0 Å². The van der Waals surface area contributed by atoms with Crippen molar-refractivity contribution < 1.29 is 9.13 Å². The number of benzene rings is 1. The van der Waals surface area contributed by atoms with E-state index in [9.17, 15) is 4.39 Å². The molecule has 0 aliphatic rings. The fourth-order valence-corrected chi connectivity index (χ4v) is 1.28. The van der Waals surface area contributed by atoms with Crippen molar-refractivity contribution >= 4 is 0 Å². The Morgan fingerprint density at radius 3 is 3.00 bits per heavy atom. The van der Waals surface area contributed by atoms with Gasteiger partial charge in [0.1, 0.15) is 0 Å². The van der Waals surface area contributed by atoms with Gasteiger partial charge in [-0.05, 0) is 11.6 Å². The lowest BCUT2D eigenvalue weighted by Gasteiger charge is -2.04. The minimum absolute atomic E-state index is 0.219. The third-order valence-electron chi connectivity index (χ3n) is 2.00. The second-order valence-electron chi connectivity index (χ2n) is 2.94. The molecule has 0 amide bonds. The molecule has 0 saturated heterocycles. The van der Waals surface area contributed by atoms with Gasteiger partial charge in [0.05, 0.1) is 7.11 Å². The molecule has 2 rings (SSSR count). The van der Waals surface area contributed by atoms with Crippen LogP contribution in [0.5, 0.6) is 5.75 Å². The van der Waals surface area contributed by atoms with E-state index in [0.717, 1.165) is 0 Å². The highest BCUT2D eigenvalue weighted by molar-refractivity contribution is 5.32. The largest absolute Gasteiger partial charge is 0.494 e. The molecule has 6 heteroatoms. The molecule has 1 aromatic carbocycles. The molecule has 0 spiro atoms. The number of aromatic amines is 1. The molecule has 0 aliphatic carbocycles. The summed E-state index contributed by atoms with van der Waals surface area (Å²) < 4.78 is 18.5. The maximum atomic E-state index is 13.7. The van der Waals surface area contributed by atoms with Gasteiger partial charge in [0.25, 0.3) is 0 Å². The molecule has 1 N–H and O–H groups in total. The molecule has 0 saturated carbocycles. The zero-order valence-electron chi connectivity index (χ0n) is 8.07. The van der Waals surface area contributed by atoms with Gasteiger partial charge in [-0.15, -0.1) is 10.2 Å². The summed E-state index contributed by atoms with van der Waals surface area (Å²) in [5.74, 6) is 0.281. The summed E-state index contributed by atoms with van der Waals surface area (Å²) in [5, 5.41) is 13.2. The normalized spacial score (nSPS) is 10.3. The fourth-order valence-electron chi connectivity index (χ4n) is 1.28. The molecule has 78 valence electrons. The van der Waals surface area contributed by atoms with Crippen LogP contribution in [0.15, 0.2) is 18.2 Å². The molecule has 0 atom stereocenters. The van der Waals surface area contributed by atoms with Crippen molar-refractivity contribution in [3.05, 3.63) is 35.4 Å². The van der Waals surface area contributed by atoms with E-state index in [1.807, 2.05) is 0 Å². The highest BCUT2D eigenvalue weighted by atomic mass is 19.1. The number of aromatic nitrogens is 4. The number of H-pyrrole nitrogens is 1. The van der Waals surface area contributed by atoms with Gasteiger partial charge in [0, 0.05) is 6.42 Å². The van der Waals surface area contributed by atoms with E-state index in [1.54, 1.807) is 18.2 Å². The number of nitrogens with one attached hydrogen (secondary N) is 1. The van der Waals surface area contributed by atoms with Gasteiger partial charge >= 0.3 is 0 Å². The van der Waals surface area contributed by atoms with E-state index in [0.29, 0.717) is 17.8 Å². The SMILES string of the molecule is COc1cccc(Cc2nn[nH]n2)c1F. The van der Waals surface area contributed by atoms with Gasteiger partial charge in [-0.25, -0.2) is 4.39 Å². The first-order valence-corrected chi connectivity index (χ1v) is 4.35. The Balaban J connectivity index is 2.29. The van der Waals surface area contributed by atoms with Crippen LogP contribution in [-0.2, 0) is 6.42 Å². The summed E-state index contributed by atoms with van der Waals surface area (Å²) in [5.41, 5.74) is 0.482. The summed E-state index contributed by atoms with van der Waals surface area (Å²) in [4.78, 5) is 0. The predicted octanol–water partition coefficient (Wildman–Crippen LogP) is 0.938. The third kappa shape index (κ3) is 1.93. The first-order valence-electron chi connectivity index (χ1n) is 4.35. The van der Waals surface area contributed by atoms with Gasteiger partial charge in [0.15, 0.2) is 17.4 Å². The molecule has 1 heterocycles. The molecule has 0 radical (unpaired) electrons. The van der Waals surface area contributed by atoms with E-state index in [-0.39, 0.29) is 11.6 Å². The molecule has 5 nitrogen and oxygen atoms in total. The van der Waals surface area contributed by atoms with Crippen molar-refractivity contribution in [2.24, 2.45) is 0 Å². The van der Waals surface area contributed by atoms with Crippen LogP contribution in [0.3, 0.4) is 0 Å². The van der Waals surface area contributed by atoms with E-state index in [2.05, 4.69) is 20.6 Å². The molecule has 0 unspecified atom stereocenters. The maximum absolute atomic E-state index is 13.7. The Labute approximate surface area is 85.3 Å². The molecule has 15 heavy (non-hydrogen) atoms. The molecular formula is C9H9FN4O. The standard InChI is InChI=1S/C9H9FN4O/c1-15-7-4-2-3-6(9(7)10)5-8-11-13-14-12-8/h2-4H,5H2,1H3,(H,11,12,13,14). The Kier molecular flexibility index (Phi) is 2.57. The van der Waals surface area contributed by atoms with E-state index in [1.165, 1.54) is 7.11 Å². The number of rotatable bonds is 3. The maximum Gasteiger partial charge on any atom is 0.179 e. The quantitative estimate of drug-likeness (QED) is 0.815. The summed E-state index contributed by atoms with van der Waals surface area (Å²) >= 11 is 0. The van der Waals surface area contributed by atoms with Crippen LogP contribution < -0.4 is 4.74 Å². The van der Waals surface area contributed by atoms with Crippen molar-refractivity contribution in [2.45, 2.75) is 6.42 Å². The second kappa shape index (κ2) is 4.04. The summed E-state index contributed by atoms with van der Waals surface area (Å²) in [7, 11) is 1.43. The topological polar surface area (TPSA) is 63.7 Å². The van der Waals surface area contributed by atoms with Gasteiger partial charge in [-0.3, -0.25) is 0 Å². The van der Waals surface area contributed by atoms with E-state index < -0.39 is 0 Å². The Bertz CT molecular complexity index is 443. The van der Waals surface area contributed by atoms with E-state index in [4.69, 9.17) is 4.74 Å². The highest BCUT2D eigenvalue weighted by Gasteiger charge is 2.10. The van der Waals surface area contributed by atoms with Crippen LogP contribution in [0.4, 0.5) is 4.39 Å². The first-order chi connectivity index (χ1) is 7.31. The van der Waals surface area contributed by atoms with Crippen molar-refractivity contribution in [3.8, 4) is 5.75 Å². The van der Waals surface area contributed by atoms with Crippen LogP contribution in [0.25, 0.3) is 0 Å². The lowest BCUT2D eigenvalue weighted by Crippen LogP contribution is -1.97. The van der Waals surface area contributed by atoms with Crippen LogP contribution in [0, 0.1) is 5.82 Å². The molecule has 0 fully saturated rings. The lowest BCUT2D eigenvalue weighted by atomic mass is 10.1. The molecule has 1 aromatic heterocycles. The van der Waals surface area contributed by atoms with Gasteiger partial charge in [-0.2, -0.15) is 5.21 Å². The van der Waals surface area contributed by atoms with Crippen molar-refractivity contribution in [2.75, 3.05) is 7.11 Å². The van der Waals surface area contributed by atoms with Crippen molar-refractivity contribution in [1.82, 2.24) is 20.6 Å². The smallest absolute Gasteiger partial charge is 0.179 e. The molecular weight excluding hydrogens is 199 g/mol. The van der Waals surface area contributed by atoms with E-state index >= 15 is 0 Å². The summed E-state index contributed by atoms with van der Waals surface area (Å²) in [6.07, 6.45) is 0.291. The summed E-state index contributed by atoms with van der Waals surface area (Å²) in [6, 6.07) is 4.95. The molecule has 0 aliphatic heterocycles.